The third-order valence-corrected chi connectivity index (χ3v) is 5.49. The zero-order valence-electron chi connectivity index (χ0n) is 13.7. The smallest absolute Gasteiger partial charge is 0.253 e. The van der Waals surface area contributed by atoms with Crippen LogP contribution in [0.5, 0.6) is 5.75 Å². The van der Waals surface area contributed by atoms with Crippen LogP contribution in [0, 0.1) is 0 Å². The van der Waals surface area contributed by atoms with Crippen molar-refractivity contribution in [3.05, 3.63) is 23.8 Å². The quantitative estimate of drug-likeness (QED) is 0.890. The molecule has 128 valence electrons. The highest BCUT2D eigenvalue weighted by molar-refractivity contribution is 7.89. The van der Waals surface area contributed by atoms with E-state index in [1.807, 2.05) is 0 Å². The highest BCUT2D eigenvalue weighted by Crippen LogP contribution is 2.26. The number of hydrogen-bond donors (Lipinski definition) is 1. The second-order valence-electron chi connectivity index (χ2n) is 5.57. The van der Waals surface area contributed by atoms with Crippen LogP contribution in [0.4, 0.5) is 0 Å². The van der Waals surface area contributed by atoms with Gasteiger partial charge in [-0.3, -0.25) is 4.79 Å². The van der Waals surface area contributed by atoms with Crippen LogP contribution in [0.1, 0.15) is 43.0 Å². The predicted octanol–water partition coefficient (Wildman–Crippen LogP) is 2.01. The lowest BCUT2D eigenvalue weighted by Gasteiger charge is -2.21. The zero-order chi connectivity index (χ0) is 16.9. The number of amides is 1. The van der Waals surface area contributed by atoms with Crippen molar-refractivity contribution in [2.45, 2.75) is 37.5 Å². The number of hydrogen-bond acceptors (Lipinski definition) is 4. The molecule has 0 bridgehead atoms. The van der Waals surface area contributed by atoms with E-state index in [1.165, 1.54) is 19.2 Å². The Morgan fingerprint density at radius 2 is 1.87 bits per heavy atom. The van der Waals surface area contributed by atoms with Crippen molar-refractivity contribution in [3.63, 3.8) is 0 Å². The van der Waals surface area contributed by atoms with Gasteiger partial charge >= 0.3 is 0 Å². The summed E-state index contributed by atoms with van der Waals surface area (Å²) in [7, 11) is -2.28. The van der Waals surface area contributed by atoms with Crippen molar-refractivity contribution in [1.82, 2.24) is 9.62 Å². The number of carbonyl (C=O) groups excluding carboxylic acids is 1. The molecule has 0 aromatic heterocycles. The maximum absolute atomic E-state index is 12.7. The van der Waals surface area contributed by atoms with Gasteiger partial charge in [-0.2, -0.15) is 0 Å². The van der Waals surface area contributed by atoms with E-state index in [-0.39, 0.29) is 23.1 Å². The minimum absolute atomic E-state index is 0.00234. The van der Waals surface area contributed by atoms with Crippen molar-refractivity contribution in [2.24, 2.45) is 0 Å². The van der Waals surface area contributed by atoms with Gasteiger partial charge in [-0.15, -0.1) is 0 Å². The monoisotopic (exact) mass is 340 g/mol. The predicted molar refractivity (Wildman–Crippen MR) is 88.2 cm³/mol. The van der Waals surface area contributed by atoms with E-state index in [1.54, 1.807) is 17.9 Å². The van der Waals surface area contributed by atoms with Crippen molar-refractivity contribution in [1.29, 1.82) is 0 Å². The molecule has 23 heavy (non-hydrogen) atoms. The largest absolute Gasteiger partial charge is 0.495 e. The van der Waals surface area contributed by atoms with Gasteiger partial charge in [0.1, 0.15) is 10.6 Å². The molecule has 0 spiro atoms. The summed E-state index contributed by atoms with van der Waals surface area (Å²) in [6, 6.07) is 4.57. The molecule has 1 aliphatic rings. The highest BCUT2D eigenvalue weighted by atomic mass is 32.2. The molecular weight excluding hydrogens is 316 g/mol. The number of benzene rings is 1. The van der Waals surface area contributed by atoms with Crippen LogP contribution in [0.25, 0.3) is 0 Å². The molecule has 1 aliphatic heterocycles. The van der Waals surface area contributed by atoms with E-state index in [4.69, 9.17) is 4.74 Å². The summed E-state index contributed by atoms with van der Waals surface area (Å²) >= 11 is 0. The number of ether oxygens (including phenoxy) is 1. The van der Waals surface area contributed by atoms with Crippen LogP contribution in [0.3, 0.4) is 0 Å². The number of rotatable bonds is 5. The standard InChI is InChI=1S/C16H24N2O4S/c1-3-17-23(20,21)15-12-13(8-9-14(15)22-2)16(19)18-10-6-4-5-7-11-18/h8-9,12,17H,3-7,10-11H2,1-2H3. The number of carbonyl (C=O) groups is 1. The Labute approximate surface area is 137 Å². The molecule has 2 rings (SSSR count). The number of nitrogens with one attached hydrogen (secondary N) is 1. The molecule has 1 aromatic rings. The van der Waals surface area contributed by atoms with E-state index in [0.29, 0.717) is 5.56 Å². The fraction of sp³-hybridized carbons (Fsp3) is 0.562. The minimum atomic E-state index is -3.69. The van der Waals surface area contributed by atoms with Crippen molar-refractivity contribution < 1.29 is 17.9 Å². The molecule has 6 nitrogen and oxygen atoms in total. The Bertz CT molecular complexity index is 650. The van der Waals surface area contributed by atoms with Gasteiger partial charge in [-0.25, -0.2) is 13.1 Å². The van der Waals surface area contributed by atoms with Gasteiger partial charge in [0.2, 0.25) is 10.0 Å². The molecule has 0 saturated carbocycles. The van der Waals surface area contributed by atoms with Gasteiger partial charge in [-0.1, -0.05) is 19.8 Å². The molecule has 0 aliphatic carbocycles. The Morgan fingerprint density at radius 1 is 1.22 bits per heavy atom. The summed E-state index contributed by atoms with van der Waals surface area (Å²) < 4.78 is 32.2. The van der Waals surface area contributed by atoms with Gasteiger partial charge < -0.3 is 9.64 Å². The van der Waals surface area contributed by atoms with Crippen LogP contribution in [-0.2, 0) is 10.0 Å². The zero-order valence-corrected chi connectivity index (χ0v) is 14.5. The summed E-state index contributed by atoms with van der Waals surface area (Å²) in [5, 5.41) is 0. The fourth-order valence-corrected chi connectivity index (χ4v) is 3.98. The number of sulfonamides is 1. The molecule has 1 amide bonds. The van der Waals surface area contributed by atoms with Crippen LogP contribution < -0.4 is 9.46 Å². The highest BCUT2D eigenvalue weighted by Gasteiger charge is 2.23. The average Bonchev–Trinajstić information content (AvgIpc) is 2.82. The first-order valence-corrected chi connectivity index (χ1v) is 9.45. The summed E-state index contributed by atoms with van der Waals surface area (Å²) in [5.41, 5.74) is 0.379. The first-order valence-electron chi connectivity index (χ1n) is 7.96. The molecule has 1 N–H and O–H groups in total. The third kappa shape index (κ3) is 4.23. The van der Waals surface area contributed by atoms with E-state index < -0.39 is 10.0 Å². The lowest BCUT2D eigenvalue weighted by Crippen LogP contribution is -2.32. The lowest BCUT2D eigenvalue weighted by atomic mass is 10.2. The second kappa shape index (κ2) is 7.79. The summed E-state index contributed by atoms with van der Waals surface area (Å²) in [6.07, 6.45) is 4.24. The first-order chi connectivity index (χ1) is 11.0. The molecular formula is C16H24N2O4S. The van der Waals surface area contributed by atoms with Crippen LogP contribution in [0.15, 0.2) is 23.1 Å². The van der Waals surface area contributed by atoms with Crippen LogP contribution in [0.2, 0.25) is 0 Å². The van der Waals surface area contributed by atoms with E-state index >= 15 is 0 Å². The van der Waals surface area contributed by atoms with E-state index in [2.05, 4.69) is 4.72 Å². The Balaban J connectivity index is 2.35. The Morgan fingerprint density at radius 3 is 2.43 bits per heavy atom. The van der Waals surface area contributed by atoms with Crippen LogP contribution in [-0.4, -0.2) is 46.0 Å². The summed E-state index contributed by atoms with van der Waals surface area (Å²) in [4.78, 5) is 14.5. The molecule has 0 unspecified atom stereocenters. The normalized spacial score (nSPS) is 16.0. The van der Waals surface area contributed by atoms with Crippen molar-refractivity contribution in [2.75, 3.05) is 26.7 Å². The minimum Gasteiger partial charge on any atom is -0.495 e. The molecule has 1 heterocycles. The van der Waals surface area contributed by atoms with Gasteiger partial charge in [0.15, 0.2) is 0 Å². The Hall–Kier alpha value is -1.60. The number of nitrogens with zero attached hydrogens (tertiary/aromatic N) is 1. The fourth-order valence-electron chi connectivity index (χ4n) is 2.74. The van der Waals surface area contributed by atoms with E-state index in [0.717, 1.165) is 38.8 Å². The second-order valence-corrected chi connectivity index (χ2v) is 7.31. The Kier molecular flexibility index (Phi) is 6.01. The maximum atomic E-state index is 12.7. The van der Waals surface area contributed by atoms with Gasteiger partial charge in [0.25, 0.3) is 5.91 Å². The average molecular weight is 340 g/mol. The summed E-state index contributed by atoms with van der Waals surface area (Å²) in [5.74, 6) is 0.112. The molecule has 0 radical (unpaired) electrons. The van der Waals surface area contributed by atoms with Gasteiger partial charge in [-0.05, 0) is 31.0 Å². The van der Waals surface area contributed by atoms with Gasteiger partial charge in [0, 0.05) is 25.2 Å². The molecule has 7 heteroatoms. The first kappa shape index (κ1) is 17.7. The number of methoxy groups -OCH3 is 1. The van der Waals surface area contributed by atoms with E-state index in [9.17, 15) is 13.2 Å². The maximum Gasteiger partial charge on any atom is 0.253 e. The van der Waals surface area contributed by atoms with Crippen molar-refractivity contribution in [3.8, 4) is 5.75 Å². The van der Waals surface area contributed by atoms with Crippen molar-refractivity contribution >= 4 is 15.9 Å². The molecule has 1 aromatic carbocycles. The third-order valence-electron chi connectivity index (χ3n) is 3.93. The topological polar surface area (TPSA) is 75.7 Å². The molecule has 0 atom stereocenters. The molecule has 1 fully saturated rings. The van der Waals surface area contributed by atoms with Gasteiger partial charge in [0.05, 0.1) is 7.11 Å². The molecule has 1 saturated heterocycles. The summed E-state index contributed by atoms with van der Waals surface area (Å²) in [6.45, 7) is 3.42. The SMILES string of the molecule is CCNS(=O)(=O)c1cc(C(=O)N2CCCCCC2)ccc1OC. The number of likely N-dealkylation sites (tertiary alicyclic amines) is 1. The van der Waals surface area contributed by atoms with Crippen LogP contribution >= 0.6 is 0 Å². The lowest BCUT2D eigenvalue weighted by molar-refractivity contribution is 0.0761.